The molecule has 21 heavy (non-hydrogen) atoms. The van der Waals surface area contributed by atoms with Crippen LogP contribution in [0.4, 0.5) is 0 Å². The van der Waals surface area contributed by atoms with E-state index in [1.807, 2.05) is 6.20 Å². The number of pyridine rings is 1. The van der Waals surface area contributed by atoms with E-state index in [2.05, 4.69) is 36.4 Å². The van der Waals surface area contributed by atoms with E-state index in [1.165, 1.54) is 32.1 Å². The fourth-order valence-corrected chi connectivity index (χ4v) is 3.02. The van der Waals surface area contributed by atoms with Crippen LogP contribution in [0.1, 0.15) is 63.4 Å². The van der Waals surface area contributed by atoms with E-state index in [0.717, 1.165) is 29.0 Å². The number of unbranched alkanes of at least 4 members (excludes halogenated alkanes) is 3. The maximum atomic E-state index is 5.94. The van der Waals surface area contributed by atoms with Gasteiger partial charge in [-0.25, -0.2) is 9.97 Å². The molecule has 2 heterocycles. The van der Waals surface area contributed by atoms with Crippen LogP contribution >= 0.6 is 11.6 Å². The van der Waals surface area contributed by atoms with Gasteiger partial charge in [0.2, 0.25) is 0 Å². The van der Waals surface area contributed by atoms with E-state index in [1.54, 1.807) is 0 Å². The van der Waals surface area contributed by atoms with Gasteiger partial charge in [0.05, 0.1) is 0 Å². The molecule has 0 fully saturated rings. The molecule has 3 nitrogen and oxygen atoms in total. The van der Waals surface area contributed by atoms with E-state index in [9.17, 15) is 0 Å². The van der Waals surface area contributed by atoms with Crippen molar-refractivity contribution in [3.63, 3.8) is 0 Å². The highest BCUT2D eigenvalue weighted by Gasteiger charge is 2.16. The van der Waals surface area contributed by atoms with Gasteiger partial charge in [-0.3, -0.25) is 0 Å². The van der Waals surface area contributed by atoms with Gasteiger partial charge in [0.1, 0.15) is 11.3 Å². The summed E-state index contributed by atoms with van der Waals surface area (Å²) < 4.78 is 2.29. The molecule has 4 heteroatoms. The molecule has 0 amide bonds. The summed E-state index contributed by atoms with van der Waals surface area (Å²) in [5.41, 5.74) is 3.15. The van der Waals surface area contributed by atoms with Crippen molar-refractivity contribution in [3.05, 3.63) is 23.7 Å². The average Bonchev–Trinajstić information content (AvgIpc) is 2.81. The molecule has 2 aromatic rings. The first-order valence-electron chi connectivity index (χ1n) is 8.06. The number of aromatic nitrogens is 3. The van der Waals surface area contributed by atoms with Crippen molar-refractivity contribution < 1.29 is 0 Å². The molecule has 0 spiro atoms. The molecule has 0 bridgehead atoms. The van der Waals surface area contributed by atoms with Crippen LogP contribution in [0.5, 0.6) is 0 Å². The van der Waals surface area contributed by atoms with Crippen molar-refractivity contribution in [3.8, 4) is 0 Å². The van der Waals surface area contributed by atoms with Crippen LogP contribution in [-0.4, -0.2) is 20.4 Å². The summed E-state index contributed by atoms with van der Waals surface area (Å²) in [6, 6.07) is 2.54. The van der Waals surface area contributed by atoms with E-state index >= 15 is 0 Å². The molecule has 0 aliphatic rings. The van der Waals surface area contributed by atoms with Gasteiger partial charge in [-0.05, 0) is 31.9 Å². The van der Waals surface area contributed by atoms with Gasteiger partial charge in [-0.15, -0.1) is 11.6 Å². The van der Waals surface area contributed by atoms with Gasteiger partial charge in [0, 0.05) is 24.5 Å². The van der Waals surface area contributed by atoms with Gasteiger partial charge in [-0.2, -0.15) is 0 Å². The molecule has 0 aromatic carbocycles. The molecule has 1 atom stereocenters. The lowest BCUT2D eigenvalue weighted by Gasteiger charge is -2.16. The van der Waals surface area contributed by atoms with E-state index < -0.39 is 0 Å². The first-order chi connectivity index (χ1) is 10.2. The summed E-state index contributed by atoms with van der Waals surface area (Å²) in [5, 5.41) is 0. The number of hydrogen-bond acceptors (Lipinski definition) is 2. The van der Waals surface area contributed by atoms with Crippen LogP contribution in [-0.2, 0) is 6.42 Å². The van der Waals surface area contributed by atoms with Gasteiger partial charge >= 0.3 is 0 Å². The Labute approximate surface area is 132 Å². The fraction of sp³-hybridized carbons (Fsp3) is 0.647. The summed E-state index contributed by atoms with van der Waals surface area (Å²) in [4.78, 5) is 9.35. The summed E-state index contributed by atoms with van der Waals surface area (Å²) >= 11 is 5.94. The zero-order chi connectivity index (χ0) is 15.2. The van der Waals surface area contributed by atoms with Crippen molar-refractivity contribution in [1.29, 1.82) is 0 Å². The number of hydrogen-bond donors (Lipinski definition) is 0. The van der Waals surface area contributed by atoms with Crippen molar-refractivity contribution in [2.24, 2.45) is 0 Å². The number of nitrogens with zero attached hydrogens (tertiary/aromatic N) is 3. The number of halogens is 1. The lowest BCUT2D eigenvalue weighted by molar-refractivity contribution is 0.468. The lowest BCUT2D eigenvalue weighted by atomic mass is 10.1. The molecule has 1 unspecified atom stereocenters. The normalized spacial score (nSPS) is 13.0. The van der Waals surface area contributed by atoms with Gasteiger partial charge in [0.25, 0.3) is 0 Å². The second kappa shape index (κ2) is 7.79. The third kappa shape index (κ3) is 3.97. The Balaban J connectivity index is 2.24. The van der Waals surface area contributed by atoms with Crippen LogP contribution in [0.3, 0.4) is 0 Å². The van der Waals surface area contributed by atoms with Crippen molar-refractivity contribution in [1.82, 2.24) is 14.5 Å². The quantitative estimate of drug-likeness (QED) is 0.504. The number of alkyl halides is 1. The largest absolute Gasteiger partial charge is 0.310 e. The topological polar surface area (TPSA) is 30.7 Å². The maximum Gasteiger partial charge on any atom is 0.160 e. The lowest BCUT2D eigenvalue weighted by Crippen LogP contribution is -2.10. The summed E-state index contributed by atoms with van der Waals surface area (Å²) in [6.07, 6.45) is 9.08. The minimum atomic E-state index is 0.431. The first kappa shape index (κ1) is 16.3. The summed E-state index contributed by atoms with van der Waals surface area (Å²) in [6.45, 7) is 6.57. The predicted octanol–water partition coefficient (Wildman–Crippen LogP) is 5.05. The molecular formula is C17H26ClN3. The highest BCUT2D eigenvalue weighted by atomic mass is 35.5. The smallest absolute Gasteiger partial charge is 0.160 e. The summed E-state index contributed by atoms with van der Waals surface area (Å²) in [5.74, 6) is 1.67. The number of fused-ring (bicyclic) bond motifs is 1. The van der Waals surface area contributed by atoms with Crippen molar-refractivity contribution >= 4 is 22.8 Å². The molecule has 0 N–H and O–H groups in total. The van der Waals surface area contributed by atoms with Crippen molar-refractivity contribution in [2.75, 3.05) is 5.88 Å². The highest BCUT2D eigenvalue weighted by Crippen LogP contribution is 2.24. The molecule has 2 rings (SSSR count). The molecule has 0 radical (unpaired) electrons. The number of imidazole rings is 1. The summed E-state index contributed by atoms with van der Waals surface area (Å²) in [7, 11) is 0. The second-order valence-corrected chi connectivity index (χ2v) is 6.27. The average molecular weight is 308 g/mol. The highest BCUT2D eigenvalue weighted by molar-refractivity contribution is 6.17. The molecule has 0 saturated heterocycles. The molecule has 0 aliphatic carbocycles. The van der Waals surface area contributed by atoms with Gasteiger partial charge < -0.3 is 4.57 Å². The van der Waals surface area contributed by atoms with E-state index in [-0.39, 0.29) is 0 Å². The number of rotatable bonds is 8. The molecule has 2 aromatic heterocycles. The Morgan fingerprint density at radius 2 is 2.10 bits per heavy atom. The third-order valence-electron chi connectivity index (χ3n) is 3.97. The van der Waals surface area contributed by atoms with Crippen LogP contribution < -0.4 is 0 Å². The SMILES string of the molecule is CCCCCCC(C)n1c(CCCl)nc2cc(C)cnc21. The standard InChI is InChI=1S/C17H26ClN3/c1-4-5-6-7-8-14(3)21-16(9-10-18)20-15-11-13(2)12-19-17(15)21/h11-12,14H,4-10H2,1-3H3. The minimum absolute atomic E-state index is 0.431. The van der Waals surface area contributed by atoms with Crippen LogP contribution in [0, 0.1) is 6.92 Å². The minimum Gasteiger partial charge on any atom is -0.310 e. The Hall–Kier alpha value is -1.09. The van der Waals surface area contributed by atoms with Crippen LogP contribution in [0.15, 0.2) is 12.3 Å². The Morgan fingerprint density at radius 3 is 2.81 bits per heavy atom. The molecule has 116 valence electrons. The van der Waals surface area contributed by atoms with Gasteiger partial charge in [0.15, 0.2) is 5.65 Å². The third-order valence-corrected chi connectivity index (χ3v) is 4.16. The first-order valence-corrected chi connectivity index (χ1v) is 8.60. The van der Waals surface area contributed by atoms with E-state index in [0.29, 0.717) is 11.9 Å². The maximum absolute atomic E-state index is 5.94. The zero-order valence-electron chi connectivity index (χ0n) is 13.4. The van der Waals surface area contributed by atoms with Gasteiger partial charge in [-0.1, -0.05) is 32.6 Å². The Bertz CT molecular complexity index is 577. The Morgan fingerprint density at radius 1 is 1.29 bits per heavy atom. The monoisotopic (exact) mass is 307 g/mol. The van der Waals surface area contributed by atoms with Crippen LogP contribution in [0.2, 0.25) is 0 Å². The zero-order valence-corrected chi connectivity index (χ0v) is 14.2. The number of aryl methyl sites for hydroxylation is 2. The molecule has 0 aliphatic heterocycles. The molecule has 0 saturated carbocycles. The van der Waals surface area contributed by atoms with Crippen LogP contribution in [0.25, 0.3) is 11.2 Å². The Kier molecular flexibility index (Phi) is 6.04. The van der Waals surface area contributed by atoms with Crippen molar-refractivity contribution in [2.45, 2.75) is 65.3 Å². The second-order valence-electron chi connectivity index (χ2n) is 5.89. The molecular weight excluding hydrogens is 282 g/mol. The van der Waals surface area contributed by atoms with E-state index in [4.69, 9.17) is 16.6 Å². The fourth-order valence-electron chi connectivity index (χ4n) is 2.85. The predicted molar refractivity (Wildman–Crippen MR) is 90.2 cm³/mol.